The van der Waals surface area contributed by atoms with Gasteiger partial charge in [-0.2, -0.15) is 0 Å². The topological polar surface area (TPSA) is 73.5 Å². The van der Waals surface area contributed by atoms with Gasteiger partial charge in [-0.15, -0.1) is 10.2 Å². The van der Waals surface area contributed by atoms with Gasteiger partial charge in [0.1, 0.15) is 25.5 Å². The van der Waals surface area contributed by atoms with Crippen LogP contribution in [0.3, 0.4) is 0 Å². The lowest BCUT2D eigenvalue weighted by Crippen LogP contribution is -3.12. The third kappa shape index (κ3) is 5.00. The zero-order valence-corrected chi connectivity index (χ0v) is 14.8. The number of nitrogens with one attached hydrogen (secondary N) is 2. The van der Waals surface area contributed by atoms with E-state index in [-0.39, 0.29) is 17.5 Å². The van der Waals surface area contributed by atoms with Crippen LogP contribution in [0, 0.1) is 5.82 Å². The summed E-state index contributed by atoms with van der Waals surface area (Å²) in [6.45, 7) is 4.27. The van der Waals surface area contributed by atoms with Crippen LogP contribution in [0.15, 0.2) is 29.4 Å². The zero-order valence-electron chi connectivity index (χ0n) is 14.0. The first kappa shape index (κ1) is 17.8. The summed E-state index contributed by atoms with van der Waals surface area (Å²) in [5.74, 6) is 0.491. The van der Waals surface area contributed by atoms with E-state index in [1.807, 2.05) is 11.6 Å². The Morgan fingerprint density at radius 3 is 2.96 bits per heavy atom. The average Bonchev–Trinajstić information content (AvgIpc) is 2.94. The molecule has 3 rings (SSSR count). The summed E-state index contributed by atoms with van der Waals surface area (Å²) >= 11 is 1.31. The molecule has 1 saturated heterocycles. The Morgan fingerprint density at radius 2 is 2.20 bits per heavy atom. The molecule has 0 aliphatic carbocycles. The van der Waals surface area contributed by atoms with Gasteiger partial charge in [0.05, 0.1) is 19.0 Å². The van der Waals surface area contributed by atoms with E-state index in [0.717, 1.165) is 38.7 Å². The molecule has 2 N–H and O–H groups in total. The van der Waals surface area contributed by atoms with Gasteiger partial charge >= 0.3 is 0 Å². The number of ether oxygens (including phenoxy) is 1. The summed E-state index contributed by atoms with van der Waals surface area (Å²) < 4.78 is 20.4. The van der Waals surface area contributed by atoms with Crippen LogP contribution in [-0.2, 0) is 23.1 Å². The molecule has 0 bridgehead atoms. The first-order valence-corrected chi connectivity index (χ1v) is 9.08. The highest BCUT2D eigenvalue weighted by atomic mass is 32.2. The Morgan fingerprint density at radius 1 is 1.40 bits per heavy atom. The molecular formula is C16H21FN5O2S+. The molecule has 1 aliphatic rings. The van der Waals surface area contributed by atoms with Gasteiger partial charge in [0.25, 0.3) is 0 Å². The van der Waals surface area contributed by atoms with Gasteiger partial charge in [-0.05, 0) is 18.2 Å². The second kappa shape index (κ2) is 8.41. The monoisotopic (exact) mass is 366 g/mol. The maximum Gasteiger partial charge on any atom is 0.234 e. The summed E-state index contributed by atoms with van der Waals surface area (Å²) in [5, 5.41) is 11.8. The van der Waals surface area contributed by atoms with Gasteiger partial charge < -0.3 is 19.5 Å². The molecule has 0 radical (unpaired) electrons. The molecule has 1 amide bonds. The van der Waals surface area contributed by atoms with E-state index >= 15 is 0 Å². The van der Waals surface area contributed by atoms with E-state index in [4.69, 9.17) is 4.74 Å². The number of quaternary nitrogens is 1. The number of hydrogen-bond donors (Lipinski definition) is 2. The summed E-state index contributed by atoms with van der Waals surface area (Å²) in [5.41, 5.74) is 0.445. The SMILES string of the molecule is Cn1c(C[NH+]2CCOCC2)nnc1SCC(=O)Nc1cccc(F)c1. The zero-order chi connectivity index (χ0) is 17.6. The lowest BCUT2D eigenvalue weighted by molar-refractivity contribution is -0.922. The van der Waals surface area contributed by atoms with E-state index < -0.39 is 0 Å². The number of anilines is 1. The van der Waals surface area contributed by atoms with Gasteiger partial charge in [-0.3, -0.25) is 4.79 Å². The summed E-state index contributed by atoms with van der Waals surface area (Å²) in [6.07, 6.45) is 0. The fraction of sp³-hybridized carbons (Fsp3) is 0.438. The first-order valence-electron chi connectivity index (χ1n) is 8.09. The van der Waals surface area contributed by atoms with Crippen LogP contribution >= 0.6 is 11.8 Å². The lowest BCUT2D eigenvalue weighted by Gasteiger charge is -2.23. The number of halogens is 1. The number of aromatic nitrogens is 3. The average molecular weight is 366 g/mol. The fourth-order valence-electron chi connectivity index (χ4n) is 2.58. The van der Waals surface area contributed by atoms with E-state index in [1.54, 1.807) is 12.1 Å². The highest BCUT2D eigenvalue weighted by Crippen LogP contribution is 2.16. The Balaban J connectivity index is 1.52. The van der Waals surface area contributed by atoms with E-state index in [0.29, 0.717) is 10.8 Å². The van der Waals surface area contributed by atoms with Crippen LogP contribution in [-0.4, -0.2) is 52.7 Å². The molecular weight excluding hydrogens is 345 g/mol. The van der Waals surface area contributed by atoms with Crippen molar-refractivity contribution >= 4 is 23.4 Å². The van der Waals surface area contributed by atoms with Crippen LogP contribution in [0.5, 0.6) is 0 Å². The smallest absolute Gasteiger partial charge is 0.234 e. The van der Waals surface area contributed by atoms with E-state index in [1.165, 1.54) is 28.8 Å². The van der Waals surface area contributed by atoms with Crippen LogP contribution in [0.2, 0.25) is 0 Å². The Hall–Kier alpha value is -1.97. The maximum atomic E-state index is 13.1. The van der Waals surface area contributed by atoms with Gasteiger partial charge in [-0.25, -0.2) is 4.39 Å². The first-order chi connectivity index (χ1) is 12.1. The standard InChI is InChI=1S/C16H20FN5O2S/c1-21-14(10-22-5-7-24-8-6-22)19-20-16(21)25-11-15(23)18-13-4-2-3-12(17)9-13/h2-4,9H,5-8,10-11H2,1H3,(H,18,23)/p+1. The van der Waals surface area contributed by atoms with E-state index in [9.17, 15) is 9.18 Å². The number of nitrogens with zero attached hydrogens (tertiary/aromatic N) is 3. The Bertz CT molecular complexity index is 733. The molecule has 2 heterocycles. The summed E-state index contributed by atoms with van der Waals surface area (Å²) in [4.78, 5) is 13.4. The molecule has 0 unspecified atom stereocenters. The van der Waals surface area contributed by atoms with E-state index in [2.05, 4.69) is 15.5 Å². The van der Waals surface area contributed by atoms with Crippen LogP contribution in [0.4, 0.5) is 10.1 Å². The normalized spacial score (nSPS) is 15.3. The number of hydrogen-bond acceptors (Lipinski definition) is 5. The van der Waals surface area contributed by atoms with Crippen molar-refractivity contribution in [2.75, 3.05) is 37.4 Å². The van der Waals surface area contributed by atoms with Crippen molar-refractivity contribution in [3.05, 3.63) is 35.9 Å². The molecule has 25 heavy (non-hydrogen) atoms. The number of amides is 1. The van der Waals surface area contributed by atoms with Crippen molar-refractivity contribution in [3.63, 3.8) is 0 Å². The van der Waals surface area contributed by atoms with Gasteiger partial charge in [-0.1, -0.05) is 17.8 Å². The number of carbonyl (C=O) groups is 1. The number of thioether (sulfide) groups is 1. The van der Waals surface area contributed by atoms with Gasteiger partial charge in [0, 0.05) is 12.7 Å². The van der Waals surface area contributed by atoms with Crippen molar-refractivity contribution in [3.8, 4) is 0 Å². The fourth-order valence-corrected chi connectivity index (χ4v) is 3.31. The minimum absolute atomic E-state index is 0.187. The van der Waals surface area contributed by atoms with Gasteiger partial charge in [0.2, 0.25) is 5.91 Å². The maximum absolute atomic E-state index is 13.1. The molecule has 1 aliphatic heterocycles. The molecule has 0 atom stereocenters. The molecule has 0 saturated carbocycles. The third-order valence-corrected chi connectivity index (χ3v) is 4.99. The lowest BCUT2D eigenvalue weighted by atomic mass is 10.3. The molecule has 1 aromatic heterocycles. The molecule has 7 nitrogen and oxygen atoms in total. The number of benzene rings is 1. The van der Waals surface area contributed by atoms with Crippen LogP contribution in [0.1, 0.15) is 5.82 Å². The number of morpholine rings is 1. The number of carbonyl (C=O) groups excluding carboxylic acids is 1. The summed E-state index contributed by atoms with van der Waals surface area (Å²) in [7, 11) is 1.90. The largest absolute Gasteiger partial charge is 0.370 e. The third-order valence-electron chi connectivity index (χ3n) is 3.97. The molecule has 2 aromatic rings. The minimum atomic E-state index is -0.381. The number of rotatable bonds is 6. The quantitative estimate of drug-likeness (QED) is 0.710. The Kier molecular flexibility index (Phi) is 6.00. The predicted molar refractivity (Wildman–Crippen MR) is 92.0 cm³/mol. The van der Waals surface area contributed by atoms with Crippen molar-refractivity contribution in [1.82, 2.24) is 14.8 Å². The molecule has 0 spiro atoms. The van der Waals surface area contributed by atoms with Crippen LogP contribution < -0.4 is 10.2 Å². The highest BCUT2D eigenvalue weighted by molar-refractivity contribution is 7.99. The van der Waals surface area contributed by atoms with Gasteiger partial charge in [0.15, 0.2) is 11.0 Å². The van der Waals surface area contributed by atoms with Crippen molar-refractivity contribution < 1.29 is 18.8 Å². The molecule has 1 fully saturated rings. The van der Waals surface area contributed by atoms with Crippen LogP contribution in [0.25, 0.3) is 0 Å². The minimum Gasteiger partial charge on any atom is -0.370 e. The molecule has 134 valence electrons. The predicted octanol–water partition coefficient (Wildman–Crippen LogP) is 0.100. The van der Waals surface area contributed by atoms with Crippen molar-refractivity contribution in [1.29, 1.82) is 0 Å². The second-order valence-corrected chi connectivity index (χ2v) is 6.79. The molecule has 1 aromatic carbocycles. The summed E-state index contributed by atoms with van der Waals surface area (Å²) in [6, 6.07) is 5.83. The van der Waals surface area contributed by atoms with Crippen molar-refractivity contribution in [2.24, 2.45) is 7.05 Å². The Labute approximate surface area is 149 Å². The molecule has 9 heteroatoms. The highest BCUT2D eigenvalue weighted by Gasteiger charge is 2.19. The second-order valence-electron chi connectivity index (χ2n) is 5.84. The van der Waals surface area contributed by atoms with Crippen molar-refractivity contribution in [2.45, 2.75) is 11.7 Å².